The predicted octanol–water partition coefficient (Wildman–Crippen LogP) is 3.94. The molecule has 2 aromatic carbocycles. The molecule has 0 radical (unpaired) electrons. The molecule has 106 valence electrons. The first-order valence-electron chi connectivity index (χ1n) is 6.05. The molecule has 1 unspecified atom stereocenters. The van der Waals surface area contributed by atoms with Crippen LogP contribution in [0.15, 0.2) is 42.5 Å². The second-order valence-electron chi connectivity index (χ2n) is 4.73. The zero-order valence-corrected chi connectivity index (χ0v) is 11.6. The van der Waals surface area contributed by atoms with Crippen LogP contribution in [0.25, 0.3) is 0 Å². The Morgan fingerprint density at radius 1 is 1.20 bits per heavy atom. The SMILES string of the molecule is CC(CO)(Nc1cccc(Cl)c1)c1cccc(F)c1F. The summed E-state index contributed by atoms with van der Waals surface area (Å²) in [5.74, 6) is -1.92. The van der Waals surface area contributed by atoms with E-state index in [9.17, 15) is 13.9 Å². The highest BCUT2D eigenvalue weighted by Crippen LogP contribution is 2.29. The van der Waals surface area contributed by atoms with Gasteiger partial charge in [0.2, 0.25) is 0 Å². The number of benzene rings is 2. The van der Waals surface area contributed by atoms with Crippen molar-refractivity contribution in [2.75, 3.05) is 11.9 Å². The number of aliphatic hydroxyl groups excluding tert-OH is 1. The fourth-order valence-electron chi connectivity index (χ4n) is 2.01. The normalized spacial score (nSPS) is 13.8. The van der Waals surface area contributed by atoms with E-state index < -0.39 is 23.8 Å². The Labute approximate surface area is 121 Å². The summed E-state index contributed by atoms with van der Waals surface area (Å²) < 4.78 is 27.3. The summed E-state index contributed by atoms with van der Waals surface area (Å²) in [5.41, 5.74) is -0.491. The van der Waals surface area contributed by atoms with Crippen LogP contribution in [0, 0.1) is 11.6 Å². The maximum Gasteiger partial charge on any atom is 0.164 e. The highest BCUT2D eigenvalue weighted by molar-refractivity contribution is 6.30. The highest BCUT2D eigenvalue weighted by Gasteiger charge is 2.30. The Bertz CT molecular complexity index is 621. The molecule has 1 atom stereocenters. The number of hydrogen-bond acceptors (Lipinski definition) is 2. The van der Waals surface area contributed by atoms with Gasteiger partial charge in [0.15, 0.2) is 11.6 Å². The van der Waals surface area contributed by atoms with Crippen molar-refractivity contribution in [2.45, 2.75) is 12.5 Å². The standard InChI is InChI=1S/C15H14ClF2NO/c1-15(9-20,12-6-3-7-13(17)14(12)18)19-11-5-2-4-10(16)8-11/h2-8,19-20H,9H2,1H3. The Morgan fingerprint density at radius 3 is 2.55 bits per heavy atom. The molecule has 0 aliphatic heterocycles. The molecule has 2 N–H and O–H groups in total. The summed E-state index contributed by atoms with van der Waals surface area (Å²) in [6.07, 6.45) is 0. The maximum absolute atomic E-state index is 13.9. The van der Waals surface area contributed by atoms with Crippen LogP contribution in [0.4, 0.5) is 14.5 Å². The average molecular weight is 298 g/mol. The van der Waals surface area contributed by atoms with Gasteiger partial charge in [-0.25, -0.2) is 8.78 Å². The topological polar surface area (TPSA) is 32.3 Å². The number of rotatable bonds is 4. The number of hydrogen-bond donors (Lipinski definition) is 2. The van der Waals surface area contributed by atoms with E-state index in [2.05, 4.69) is 5.32 Å². The van der Waals surface area contributed by atoms with Crippen molar-refractivity contribution in [1.29, 1.82) is 0 Å². The van der Waals surface area contributed by atoms with Crippen LogP contribution in [0.3, 0.4) is 0 Å². The maximum atomic E-state index is 13.9. The Morgan fingerprint density at radius 2 is 1.90 bits per heavy atom. The summed E-state index contributed by atoms with van der Waals surface area (Å²) in [4.78, 5) is 0. The van der Waals surface area contributed by atoms with Gasteiger partial charge in [-0.1, -0.05) is 29.8 Å². The molecule has 0 aromatic heterocycles. The summed E-state index contributed by atoms with van der Waals surface area (Å²) in [6.45, 7) is 1.19. The van der Waals surface area contributed by atoms with Crippen molar-refractivity contribution in [2.24, 2.45) is 0 Å². The first kappa shape index (κ1) is 14.8. The molecule has 0 aliphatic carbocycles. The summed E-state index contributed by atoms with van der Waals surface area (Å²) in [6, 6.07) is 10.7. The number of aliphatic hydroxyl groups is 1. The van der Waals surface area contributed by atoms with Gasteiger partial charge < -0.3 is 10.4 Å². The Balaban J connectivity index is 2.41. The molecule has 2 nitrogen and oxygen atoms in total. The first-order valence-corrected chi connectivity index (χ1v) is 6.43. The van der Waals surface area contributed by atoms with E-state index in [0.29, 0.717) is 10.7 Å². The molecule has 0 saturated heterocycles. The van der Waals surface area contributed by atoms with Crippen molar-refractivity contribution >= 4 is 17.3 Å². The lowest BCUT2D eigenvalue weighted by Crippen LogP contribution is -2.37. The third-order valence-electron chi connectivity index (χ3n) is 3.11. The van der Waals surface area contributed by atoms with E-state index in [-0.39, 0.29) is 5.56 Å². The van der Waals surface area contributed by atoms with Crippen LogP contribution < -0.4 is 5.32 Å². The Hall–Kier alpha value is -1.65. The van der Waals surface area contributed by atoms with Crippen molar-refractivity contribution in [1.82, 2.24) is 0 Å². The molecule has 0 spiro atoms. The smallest absolute Gasteiger partial charge is 0.164 e. The minimum Gasteiger partial charge on any atom is -0.394 e. The van der Waals surface area contributed by atoms with Gasteiger partial charge in [-0.05, 0) is 31.2 Å². The van der Waals surface area contributed by atoms with Gasteiger partial charge in [0.1, 0.15) is 0 Å². The molecule has 0 fully saturated rings. The highest BCUT2D eigenvalue weighted by atomic mass is 35.5. The molecule has 0 aliphatic rings. The van der Waals surface area contributed by atoms with E-state index in [4.69, 9.17) is 11.6 Å². The molecule has 0 heterocycles. The summed E-state index contributed by atoms with van der Waals surface area (Å²) in [5, 5.41) is 13.1. The summed E-state index contributed by atoms with van der Waals surface area (Å²) >= 11 is 5.88. The monoisotopic (exact) mass is 297 g/mol. The van der Waals surface area contributed by atoms with Gasteiger partial charge in [0.05, 0.1) is 12.1 Å². The lowest BCUT2D eigenvalue weighted by Gasteiger charge is -2.31. The van der Waals surface area contributed by atoms with E-state index in [1.54, 1.807) is 31.2 Å². The van der Waals surface area contributed by atoms with Crippen molar-refractivity contribution in [3.63, 3.8) is 0 Å². The van der Waals surface area contributed by atoms with Crippen LogP contribution >= 0.6 is 11.6 Å². The average Bonchev–Trinajstić information content (AvgIpc) is 2.41. The predicted molar refractivity (Wildman–Crippen MR) is 75.9 cm³/mol. The molecule has 0 amide bonds. The van der Waals surface area contributed by atoms with Crippen LogP contribution in [0.1, 0.15) is 12.5 Å². The van der Waals surface area contributed by atoms with Crippen molar-refractivity contribution < 1.29 is 13.9 Å². The zero-order chi connectivity index (χ0) is 14.8. The van der Waals surface area contributed by atoms with Crippen molar-refractivity contribution in [3.8, 4) is 0 Å². The second-order valence-corrected chi connectivity index (χ2v) is 5.16. The van der Waals surface area contributed by atoms with Crippen molar-refractivity contribution in [3.05, 3.63) is 64.7 Å². The summed E-state index contributed by atoms with van der Waals surface area (Å²) in [7, 11) is 0. The molecule has 2 aromatic rings. The molecule has 2 rings (SSSR count). The van der Waals surface area contributed by atoms with Gasteiger partial charge in [-0.2, -0.15) is 0 Å². The van der Waals surface area contributed by atoms with Crippen LogP contribution in [0.5, 0.6) is 0 Å². The fraction of sp³-hybridized carbons (Fsp3) is 0.200. The molecular formula is C15H14ClF2NO. The second kappa shape index (κ2) is 5.77. The van der Waals surface area contributed by atoms with E-state index in [1.165, 1.54) is 12.1 Å². The fourth-order valence-corrected chi connectivity index (χ4v) is 2.20. The lowest BCUT2D eigenvalue weighted by molar-refractivity contribution is 0.219. The van der Waals surface area contributed by atoms with Gasteiger partial charge in [-0.3, -0.25) is 0 Å². The van der Waals surface area contributed by atoms with Gasteiger partial charge >= 0.3 is 0 Å². The molecule has 5 heteroatoms. The van der Waals surface area contributed by atoms with E-state index >= 15 is 0 Å². The third kappa shape index (κ3) is 2.92. The van der Waals surface area contributed by atoms with Crippen LogP contribution in [-0.2, 0) is 5.54 Å². The molecular weight excluding hydrogens is 284 g/mol. The minimum absolute atomic E-state index is 0.0555. The lowest BCUT2D eigenvalue weighted by atomic mass is 9.91. The minimum atomic E-state index is -1.16. The number of nitrogens with one attached hydrogen (secondary N) is 1. The van der Waals surface area contributed by atoms with Gasteiger partial charge in [0.25, 0.3) is 0 Å². The first-order chi connectivity index (χ1) is 9.46. The molecule has 20 heavy (non-hydrogen) atoms. The Kier molecular flexibility index (Phi) is 4.26. The molecule has 0 bridgehead atoms. The van der Waals surface area contributed by atoms with E-state index in [0.717, 1.165) is 6.07 Å². The van der Waals surface area contributed by atoms with Crippen LogP contribution in [0.2, 0.25) is 5.02 Å². The van der Waals surface area contributed by atoms with Gasteiger partial charge in [0, 0.05) is 16.3 Å². The van der Waals surface area contributed by atoms with Gasteiger partial charge in [-0.15, -0.1) is 0 Å². The number of halogens is 3. The van der Waals surface area contributed by atoms with Crippen LogP contribution in [-0.4, -0.2) is 11.7 Å². The van der Waals surface area contributed by atoms with E-state index in [1.807, 2.05) is 0 Å². The largest absolute Gasteiger partial charge is 0.394 e. The third-order valence-corrected chi connectivity index (χ3v) is 3.34. The zero-order valence-electron chi connectivity index (χ0n) is 10.8. The quantitative estimate of drug-likeness (QED) is 0.896. The molecule has 0 saturated carbocycles. The number of anilines is 1.